The summed E-state index contributed by atoms with van der Waals surface area (Å²) >= 11 is 0. The first kappa shape index (κ1) is 23.0. The molecule has 2 fully saturated rings. The Morgan fingerprint density at radius 2 is 1.93 bits per heavy atom. The Labute approximate surface area is 180 Å². The summed E-state index contributed by atoms with van der Waals surface area (Å²) in [5, 5.41) is 20.9. The number of rotatable bonds is 7. The fourth-order valence-electron chi connectivity index (χ4n) is 5.24. The Kier molecular flexibility index (Phi) is 8.13. The van der Waals surface area contributed by atoms with E-state index in [2.05, 4.69) is 11.8 Å². The molecular formula is C25H36O5. The van der Waals surface area contributed by atoms with Crippen molar-refractivity contribution in [2.45, 2.75) is 96.4 Å². The Bertz CT molecular complexity index is 707. The van der Waals surface area contributed by atoms with Crippen molar-refractivity contribution >= 4 is 11.8 Å². The van der Waals surface area contributed by atoms with Gasteiger partial charge in [-0.1, -0.05) is 37.2 Å². The molecule has 0 bridgehead atoms. The molecule has 0 heterocycles. The smallest absolute Gasteiger partial charge is 0.306 e. The first-order valence-corrected chi connectivity index (χ1v) is 11.7. The molecule has 2 unspecified atom stereocenters. The number of hydrogen-bond donors (Lipinski definition) is 2. The van der Waals surface area contributed by atoms with Gasteiger partial charge in [-0.2, -0.15) is 0 Å². The van der Waals surface area contributed by atoms with Gasteiger partial charge in [0.25, 0.3) is 0 Å². The molecule has 30 heavy (non-hydrogen) atoms. The second-order valence-electron chi connectivity index (χ2n) is 9.50. The number of carbonyl (C=O) groups excluding carboxylic acids is 2. The maximum atomic E-state index is 12.6. The summed E-state index contributed by atoms with van der Waals surface area (Å²) in [6, 6.07) is 0. The van der Waals surface area contributed by atoms with Crippen LogP contribution in [0.4, 0.5) is 0 Å². The lowest BCUT2D eigenvalue weighted by Gasteiger charge is -2.23. The molecule has 2 saturated carbocycles. The van der Waals surface area contributed by atoms with Crippen LogP contribution in [-0.4, -0.2) is 40.3 Å². The number of hydrogen-bond acceptors (Lipinski definition) is 5. The van der Waals surface area contributed by atoms with E-state index in [9.17, 15) is 19.8 Å². The van der Waals surface area contributed by atoms with Gasteiger partial charge in [0, 0.05) is 12.8 Å². The second kappa shape index (κ2) is 10.6. The highest BCUT2D eigenvalue weighted by atomic mass is 16.5. The monoisotopic (exact) mass is 416 g/mol. The first-order valence-electron chi connectivity index (χ1n) is 11.7. The average molecular weight is 417 g/mol. The minimum atomic E-state index is -0.613. The van der Waals surface area contributed by atoms with E-state index in [1.165, 1.54) is 6.42 Å². The standard InChI is InChI=1S/C25H36O5/c1-16(2)30-25(29)10-6-9-22(26)19-13-18-15-24(28)20(21(18)14-19)11-12-23(27)17-7-4-3-5-8-17/h13,16-18,20-21,23-24,27-28H,3-10,14-15H2,1-2H3/t18?,20-,21?,23-,24-/m1/s1. The van der Waals surface area contributed by atoms with Gasteiger partial charge in [0.05, 0.1) is 18.1 Å². The predicted octanol–water partition coefficient (Wildman–Crippen LogP) is 3.57. The SMILES string of the molecule is CC(C)OC(=O)CCCC(=O)C1=CC2C[C@@H](O)[C@H](C#C[C@@H](O)C3CCCCC3)C2C1. The first-order chi connectivity index (χ1) is 14.3. The molecule has 0 aromatic carbocycles. The highest BCUT2D eigenvalue weighted by Crippen LogP contribution is 2.47. The van der Waals surface area contributed by atoms with E-state index in [0.717, 1.165) is 31.3 Å². The summed E-state index contributed by atoms with van der Waals surface area (Å²) in [5.74, 6) is 6.43. The minimum Gasteiger partial charge on any atom is -0.463 e. The van der Waals surface area contributed by atoms with Crippen LogP contribution in [-0.2, 0) is 14.3 Å². The zero-order chi connectivity index (χ0) is 21.7. The van der Waals surface area contributed by atoms with Gasteiger partial charge in [0.15, 0.2) is 5.78 Å². The van der Waals surface area contributed by atoms with E-state index >= 15 is 0 Å². The number of Topliss-reactive ketones (excluding diaryl/α,β-unsaturated/α-hetero) is 1. The zero-order valence-corrected chi connectivity index (χ0v) is 18.3. The molecule has 0 radical (unpaired) electrons. The van der Waals surface area contributed by atoms with E-state index in [1.807, 2.05) is 19.9 Å². The fourth-order valence-corrected chi connectivity index (χ4v) is 5.24. The number of carbonyl (C=O) groups is 2. The van der Waals surface area contributed by atoms with Crippen LogP contribution in [0.1, 0.15) is 78.1 Å². The molecule has 166 valence electrons. The van der Waals surface area contributed by atoms with Crippen LogP contribution >= 0.6 is 0 Å². The van der Waals surface area contributed by atoms with Gasteiger partial charge >= 0.3 is 5.97 Å². The highest BCUT2D eigenvalue weighted by molar-refractivity contribution is 5.96. The molecule has 3 rings (SSSR count). The number of esters is 1. The molecule has 5 heteroatoms. The van der Waals surface area contributed by atoms with Crippen LogP contribution in [0.15, 0.2) is 11.6 Å². The molecular weight excluding hydrogens is 380 g/mol. The summed E-state index contributed by atoms with van der Waals surface area (Å²) in [6.07, 6.45) is 8.75. The average Bonchev–Trinajstić information content (AvgIpc) is 3.23. The largest absolute Gasteiger partial charge is 0.463 e. The van der Waals surface area contributed by atoms with E-state index in [0.29, 0.717) is 25.7 Å². The number of fused-ring (bicyclic) bond motifs is 1. The molecule has 0 saturated heterocycles. The van der Waals surface area contributed by atoms with E-state index in [4.69, 9.17) is 4.74 Å². The second-order valence-corrected chi connectivity index (χ2v) is 9.50. The van der Waals surface area contributed by atoms with Crippen LogP contribution < -0.4 is 0 Å². The van der Waals surface area contributed by atoms with Gasteiger partial charge in [-0.15, -0.1) is 0 Å². The van der Waals surface area contributed by atoms with E-state index < -0.39 is 12.2 Å². The molecule has 0 aromatic rings. The van der Waals surface area contributed by atoms with Crippen molar-refractivity contribution in [2.24, 2.45) is 23.7 Å². The number of aliphatic hydroxyl groups excluding tert-OH is 2. The number of allylic oxidation sites excluding steroid dienone is 2. The minimum absolute atomic E-state index is 0.0881. The van der Waals surface area contributed by atoms with Gasteiger partial charge < -0.3 is 14.9 Å². The summed E-state index contributed by atoms with van der Waals surface area (Å²) in [7, 11) is 0. The summed E-state index contributed by atoms with van der Waals surface area (Å²) < 4.78 is 5.11. The third-order valence-corrected chi connectivity index (χ3v) is 6.81. The third-order valence-electron chi connectivity index (χ3n) is 6.81. The normalized spacial score (nSPS) is 29.7. The lowest BCUT2D eigenvalue weighted by atomic mass is 9.84. The van der Waals surface area contributed by atoms with Crippen molar-refractivity contribution in [3.8, 4) is 11.8 Å². The van der Waals surface area contributed by atoms with Crippen LogP contribution in [0.5, 0.6) is 0 Å². The quantitative estimate of drug-likeness (QED) is 0.490. The van der Waals surface area contributed by atoms with Crippen molar-refractivity contribution in [1.82, 2.24) is 0 Å². The molecule has 5 nitrogen and oxygen atoms in total. The van der Waals surface area contributed by atoms with E-state index in [1.54, 1.807) is 0 Å². The van der Waals surface area contributed by atoms with Gasteiger partial charge in [0.2, 0.25) is 0 Å². The summed E-state index contributed by atoms with van der Waals surface area (Å²) in [6.45, 7) is 3.63. The number of ketones is 1. The van der Waals surface area contributed by atoms with Crippen molar-refractivity contribution in [3.05, 3.63) is 11.6 Å². The molecule has 3 aliphatic rings. The van der Waals surface area contributed by atoms with Crippen LogP contribution in [0, 0.1) is 35.5 Å². The molecule has 0 spiro atoms. The maximum absolute atomic E-state index is 12.6. The molecule has 0 amide bonds. The Balaban J connectivity index is 1.50. The topological polar surface area (TPSA) is 83.8 Å². The van der Waals surface area contributed by atoms with Crippen molar-refractivity contribution in [1.29, 1.82) is 0 Å². The van der Waals surface area contributed by atoms with Crippen LogP contribution in [0.2, 0.25) is 0 Å². The van der Waals surface area contributed by atoms with E-state index in [-0.39, 0.29) is 47.9 Å². The van der Waals surface area contributed by atoms with Gasteiger partial charge in [-0.3, -0.25) is 9.59 Å². The molecule has 5 atom stereocenters. The van der Waals surface area contributed by atoms with Gasteiger partial charge in [-0.05, 0) is 69.3 Å². The van der Waals surface area contributed by atoms with Crippen molar-refractivity contribution < 1.29 is 24.5 Å². The lowest BCUT2D eigenvalue weighted by Crippen LogP contribution is -2.23. The molecule has 0 aromatic heterocycles. The molecule has 2 N–H and O–H groups in total. The lowest BCUT2D eigenvalue weighted by molar-refractivity contribution is -0.147. The predicted molar refractivity (Wildman–Crippen MR) is 114 cm³/mol. The summed E-state index contributed by atoms with van der Waals surface area (Å²) in [5.41, 5.74) is 0.814. The fraction of sp³-hybridized carbons (Fsp3) is 0.760. The maximum Gasteiger partial charge on any atom is 0.306 e. The third kappa shape index (κ3) is 5.95. The van der Waals surface area contributed by atoms with Crippen molar-refractivity contribution in [2.75, 3.05) is 0 Å². The van der Waals surface area contributed by atoms with Crippen LogP contribution in [0.3, 0.4) is 0 Å². The summed E-state index contributed by atoms with van der Waals surface area (Å²) in [4.78, 5) is 24.2. The Morgan fingerprint density at radius 1 is 1.20 bits per heavy atom. The number of aliphatic hydroxyl groups is 2. The van der Waals surface area contributed by atoms with Gasteiger partial charge in [-0.25, -0.2) is 0 Å². The number of ether oxygens (including phenoxy) is 1. The van der Waals surface area contributed by atoms with Gasteiger partial charge in [0.1, 0.15) is 6.10 Å². The van der Waals surface area contributed by atoms with Crippen LogP contribution in [0.25, 0.3) is 0 Å². The molecule has 0 aliphatic heterocycles. The zero-order valence-electron chi connectivity index (χ0n) is 18.3. The highest BCUT2D eigenvalue weighted by Gasteiger charge is 2.45. The molecule has 3 aliphatic carbocycles. The Morgan fingerprint density at radius 3 is 2.63 bits per heavy atom. The Hall–Kier alpha value is -1.64. The van der Waals surface area contributed by atoms with Crippen molar-refractivity contribution in [3.63, 3.8) is 0 Å².